The van der Waals surface area contributed by atoms with Gasteiger partial charge in [-0.15, -0.1) is 0 Å². The van der Waals surface area contributed by atoms with E-state index in [1.807, 2.05) is 0 Å². The molecular formula is C18H34N2O6. The second-order valence-corrected chi connectivity index (χ2v) is 6.65. The fourth-order valence-electron chi connectivity index (χ4n) is 3.13. The van der Waals surface area contributed by atoms with Crippen molar-refractivity contribution < 1.29 is 29.7 Å². The van der Waals surface area contributed by atoms with Crippen molar-refractivity contribution in [1.82, 2.24) is 4.90 Å². The highest BCUT2D eigenvalue weighted by atomic mass is 16.4. The van der Waals surface area contributed by atoms with Crippen LogP contribution in [0.4, 0.5) is 0 Å². The zero-order valence-electron chi connectivity index (χ0n) is 15.8. The Morgan fingerprint density at radius 3 is 1.88 bits per heavy atom. The van der Waals surface area contributed by atoms with E-state index in [4.69, 9.17) is 15.9 Å². The zero-order chi connectivity index (χ0) is 20.0. The lowest BCUT2D eigenvalue weighted by Crippen LogP contribution is -2.57. The van der Waals surface area contributed by atoms with Crippen LogP contribution in [0.1, 0.15) is 71.1 Å². The third-order valence-electron chi connectivity index (χ3n) is 4.68. The van der Waals surface area contributed by atoms with Crippen molar-refractivity contribution in [2.75, 3.05) is 19.7 Å². The summed E-state index contributed by atoms with van der Waals surface area (Å²) >= 11 is 0. The Labute approximate surface area is 155 Å². The van der Waals surface area contributed by atoms with E-state index in [1.54, 1.807) is 0 Å². The average molecular weight is 374 g/mol. The molecule has 0 aromatic rings. The molecule has 0 aromatic heterocycles. The molecule has 8 nitrogen and oxygen atoms in total. The number of aliphatic carboxylic acids is 2. The highest BCUT2D eigenvalue weighted by molar-refractivity contribution is 5.77. The maximum absolute atomic E-state index is 12.7. The maximum Gasteiger partial charge on any atom is 0.303 e. The number of β-amino-alcohol motifs (C(OH)–C–C–N with tert-alkyl or cyclic N) is 1. The molecule has 0 bridgehead atoms. The Kier molecular flexibility index (Phi) is 12.7. The summed E-state index contributed by atoms with van der Waals surface area (Å²) in [6, 6.07) is 0. The molecule has 0 heterocycles. The van der Waals surface area contributed by atoms with Gasteiger partial charge in [0.15, 0.2) is 0 Å². The van der Waals surface area contributed by atoms with Crippen LogP contribution in [0.2, 0.25) is 0 Å². The Hall–Kier alpha value is -1.67. The summed E-state index contributed by atoms with van der Waals surface area (Å²) in [7, 11) is 0. The number of aliphatic hydroxyl groups is 1. The molecule has 0 atom stereocenters. The quantitative estimate of drug-likeness (QED) is 0.301. The molecule has 152 valence electrons. The van der Waals surface area contributed by atoms with Gasteiger partial charge < -0.3 is 26.0 Å². The van der Waals surface area contributed by atoms with Crippen molar-refractivity contribution in [3.8, 4) is 0 Å². The summed E-state index contributed by atoms with van der Waals surface area (Å²) < 4.78 is 0. The number of nitrogens with two attached hydrogens (primary N) is 1. The predicted molar refractivity (Wildman–Crippen MR) is 97.7 cm³/mol. The van der Waals surface area contributed by atoms with Crippen LogP contribution in [-0.4, -0.2) is 63.3 Å². The van der Waals surface area contributed by atoms with Crippen molar-refractivity contribution in [3.05, 3.63) is 0 Å². The van der Waals surface area contributed by atoms with E-state index in [9.17, 15) is 19.5 Å². The van der Waals surface area contributed by atoms with Crippen LogP contribution in [0.5, 0.6) is 0 Å². The minimum Gasteiger partial charge on any atom is -0.481 e. The first kappa shape index (κ1) is 24.3. The topological polar surface area (TPSA) is 141 Å². The molecule has 0 spiro atoms. The second kappa shape index (κ2) is 13.5. The van der Waals surface area contributed by atoms with E-state index < -0.39 is 17.5 Å². The first-order valence-corrected chi connectivity index (χ1v) is 9.38. The molecule has 0 aliphatic heterocycles. The van der Waals surface area contributed by atoms with Gasteiger partial charge in [-0.1, -0.05) is 32.6 Å². The Bertz CT molecular complexity index is 423. The number of nitrogens with zero attached hydrogens (tertiary/aromatic N) is 1. The smallest absolute Gasteiger partial charge is 0.303 e. The lowest BCUT2D eigenvalue weighted by molar-refractivity contribution is -0.145. The highest BCUT2D eigenvalue weighted by Gasteiger charge is 2.38. The summed E-state index contributed by atoms with van der Waals surface area (Å²) in [5.41, 5.74) is 4.81. The molecular weight excluding hydrogens is 340 g/mol. The number of hydrogen-bond acceptors (Lipinski definition) is 5. The van der Waals surface area contributed by atoms with Gasteiger partial charge in [0.25, 0.3) is 0 Å². The predicted octanol–water partition coefficient (Wildman–Crippen LogP) is 1.59. The number of carboxylic acid groups (broad SMARTS) is 2. The number of hydrogen-bond donors (Lipinski definition) is 4. The van der Waals surface area contributed by atoms with E-state index in [0.717, 1.165) is 25.7 Å². The lowest BCUT2D eigenvalue weighted by atomic mass is 9.85. The molecule has 0 saturated heterocycles. The second-order valence-electron chi connectivity index (χ2n) is 6.65. The normalized spacial score (nSPS) is 11.3. The minimum absolute atomic E-state index is 0.0181. The molecule has 0 saturated carbocycles. The van der Waals surface area contributed by atoms with Gasteiger partial charge in [0.1, 0.15) is 0 Å². The van der Waals surface area contributed by atoms with Gasteiger partial charge >= 0.3 is 11.9 Å². The molecule has 0 unspecified atom stereocenters. The van der Waals surface area contributed by atoms with Gasteiger partial charge in [-0.05, 0) is 19.3 Å². The lowest BCUT2D eigenvalue weighted by Gasteiger charge is -2.43. The van der Waals surface area contributed by atoms with Gasteiger partial charge in [0.05, 0.1) is 12.1 Å². The molecule has 0 aliphatic carbocycles. The number of carbonyl (C=O) groups excluding carboxylic acids is 1. The van der Waals surface area contributed by atoms with Gasteiger partial charge in [-0.3, -0.25) is 14.4 Å². The third-order valence-corrected chi connectivity index (χ3v) is 4.68. The Balaban J connectivity index is 5.21. The van der Waals surface area contributed by atoms with Crippen molar-refractivity contribution in [2.45, 2.75) is 76.7 Å². The molecule has 0 aromatic carbocycles. The third kappa shape index (κ3) is 9.15. The van der Waals surface area contributed by atoms with Crippen molar-refractivity contribution in [3.63, 3.8) is 0 Å². The number of aliphatic hydroxyl groups excluding tert-OH is 1. The summed E-state index contributed by atoms with van der Waals surface area (Å²) in [5.74, 6) is -2.28. The fourth-order valence-corrected chi connectivity index (χ4v) is 3.13. The molecule has 0 fully saturated rings. The van der Waals surface area contributed by atoms with Crippen LogP contribution >= 0.6 is 0 Å². The van der Waals surface area contributed by atoms with Crippen LogP contribution in [0.3, 0.4) is 0 Å². The first-order chi connectivity index (χ1) is 12.3. The van der Waals surface area contributed by atoms with Crippen molar-refractivity contribution in [1.29, 1.82) is 0 Å². The van der Waals surface area contributed by atoms with Crippen LogP contribution in [0, 0.1) is 0 Å². The maximum atomic E-state index is 12.7. The molecule has 0 rings (SSSR count). The SMILES string of the molecule is CCCCCCCC(=O)N(CCO)C(CN)(CCC(=O)O)CCC(=O)O. The molecule has 5 N–H and O–H groups in total. The number of amides is 1. The first-order valence-electron chi connectivity index (χ1n) is 9.38. The minimum atomic E-state index is -1.07. The number of rotatable bonds is 16. The van der Waals surface area contributed by atoms with Crippen LogP contribution in [0.25, 0.3) is 0 Å². The van der Waals surface area contributed by atoms with E-state index in [1.165, 1.54) is 4.90 Å². The van der Waals surface area contributed by atoms with Gasteiger partial charge in [-0.25, -0.2) is 0 Å². The molecule has 0 aliphatic rings. The fraction of sp³-hybridized carbons (Fsp3) is 0.833. The van der Waals surface area contributed by atoms with Crippen LogP contribution in [0.15, 0.2) is 0 Å². The standard InChI is InChI=1S/C18H34N2O6/c1-2-3-4-5-6-7-15(22)20(12-13-21)18(14-19,10-8-16(23)24)11-9-17(25)26/h21H,2-14,19H2,1H3,(H,23,24)(H,25,26). The van der Waals surface area contributed by atoms with Crippen molar-refractivity contribution >= 4 is 17.8 Å². The van der Waals surface area contributed by atoms with Crippen LogP contribution in [-0.2, 0) is 14.4 Å². The Morgan fingerprint density at radius 1 is 0.923 bits per heavy atom. The Morgan fingerprint density at radius 2 is 1.46 bits per heavy atom. The van der Waals surface area contributed by atoms with Gasteiger partial charge in [0.2, 0.25) is 5.91 Å². The van der Waals surface area contributed by atoms with Crippen LogP contribution < -0.4 is 5.73 Å². The monoisotopic (exact) mass is 374 g/mol. The highest BCUT2D eigenvalue weighted by Crippen LogP contribution is 2.28. The largest absolute Gasteiger partial charge is 0.481 e. The number of carboxylic acids is 2. The number of unbranched alkanes of at least 4 members (excludes halogenated alkanes) is 4. The summed E-state index contributed by atoms with van der Waals surface area (Å²) in [4.78, 5) is 36.2. The van der Waals surface area contributed by atoms with Gasteiger partial charge in [0, 0.05) is 32.4 Å². The summed E-state index contributed by atoms with van der Waals surface area (Å²) in [6.07, 6.45) is 4.86. The van der Waals surface area contributed by atoms with Crippen molar-refractivity contribution in [2.24, 2.45) is 5.73 Å². The molecule has 1 amide bonds. The van der Waals surface area contributed by atoms with E-state index in [0.29, 0.717) is 6.42 Å². The molecule has 26 heavy (non-hydrogen) atoms. The van der Waals surface area contributed by atoms with E-state index in [-0.39, 0.29) is 57.7 Å². The number of carbonyl (C=O) groups is 3. The summed E-state index contributed by atoms with van der Waals surface area (Å²) in [6.45, 7) is 1.79. The zero-order valence-corrected chi connectivity index (χ0v) is 15.8. The van der Waals surface area contributed by atoms with Gasteiger partial charge in [-0.2, -0.15) is 0 Å². The molecule has 8 heteroatoms. The van der Waals surface area contributed by atoms with E-state index >= 15 is 0 Å². The summed E-state index contributed by atoms with van der Waals surface area (Å²) in [5, 5.41) is 27.4. The van der Waals surface area contributed by atoms with E-state index in [2.05, 4.69) is 6.92 Å². The molecule has 0 radical (unpaired) electrons. The average Bonchev–Trinajstić information content (AvgIpc) is 2.60.